The smallest absolute Gasteiger partial charge is 0.339 e. The molecule has 10 unspecified atom stereocenters. The summed E-state index contributed by atoms with van der Waals surface area (Å²) in [5.74, 6) is -1.80. The average molecular weight is 939 g/mol. The van der Waals surface area contributed by atoms with E-state index in [0.717, 1.165) is 28.7 Å². The molecule has 15 nitrogen and oxygen atoms in total. The number of fused-ring (bicyclic) bond motifs is 2. The highest BCUT2D eigenvalue weighted by Gasteiger charge is 2.54. The van der Waals surface area contributed by atoms with E-state index >= 15 is 0 Å². The lowest BCUT2D eigenvalue weighted by Crippen LogP contribution is -2.59. The van der Waals surface area contributed by atoms with Crippen molar-refractivity contribution in [3.8, 4) is 5.75 Å². The van der Waals surface area contributed by atoms with E-state index in [1.165, 1.54) is 13.8 Å². The number of allylic oxidation sites excluding steroid dienone is 2. The molecule has 1 aromatic rings. The number of methoxy groups -OCH3 is 2. The third-order valence-corrected chi connectivity index (χ3v) is 14.5. The van der Waals surface area contributed by atoms with Crippen molar-refractivity contribution in [2.75, 3.05) is 20.8 Å². The van der Waals surface area contributed by atoms with Gasteiger partial charge in [0.1, 0.15) is 36.8 Å². The van der Waals surface area contributed by atoms with Crippen molar-refractivity contribution in [3.05, 3.63) is 58.7 Å². The van der Waals surface area contributed by atoms with Gasteiger partial charge < -0.3 is 56.8 Å². The normalized spacial score (nSPS) is 40.5. The molecule has 6 heterocycles. The first-order valence-corrected chi connectivity index (χ1v) is 24.3. The Morgan fingerprint density at radius 2 is 1.51 bits per heavy atom. The van der Waals surface area contributed by atoms with Gasteiger partial charge in [0, 0.05) is 83.1 Å². The van der Waals surface area contributed by atoms with Crippen LogP contribution in [0.25, 0.3) is 5.57 Å². The Morgan fingerprint density at radius 1 is 0.836 bits per heavy atom. The second-order valence-electron chi connectivity index (χ2n) is 19.7. The minimum absolute atomic E-state index is 0.0762. The Balaban J connectivity index is 1.17. The van der Waals surface area contributed by atoms with Crippen LogP contribution in [0.5, 0.6) is 5.75 Å². The van der Waals surface area contributed by atoms with Gasteiger partial charge in [0.25, 0.3) is 0 Å². The van der Waals surface area contributed by atoms with Crippen LogP contribution in [0.2, 0.25) is 0 Å². The summed E-state index contributed by atoms with van der Waals surface area (Å²) in [6.07, 6.45) is 5.13. The summed E-state index contributed by atoms with van der Waals surface area (Å²) in [6.45, 7) is 19.3. The van der Waals surface area contributed by atoms with Gasteiger partial charge in [-0.3, -0.25) is 9.59 Å². The number of benzene rings is 1. The molecule has 1 spiro atoms. The topological polar surface area (TPSA) is 162 Å². The lowest BCUT2D eigenvalue weighted by Gasteiger charge is -2.52. The number of carbonyl (C=O) groups is 3. The van der Waals surface area contributed by atoms with Gasteiger partial charge in [0.15, 0.2) is 24.5 Å². The van der Waals surface area contributed by atoms with E-state index in [0.29, 0.717) is 50.0 Å². The molecule has 0 aromatic heterocycles. The third-order valence-electron chi connectivity index (χ3n) is 14.5. The molecule has 4 fully saturated rings. The van der Waals surface area contributed by atoms with Crippen molar-refractivity contribution in [2.45, 2.75) is 200 Å². The molecule has 6 aliphatic heterocycles. The minimum atomic E-state index is -1.18. The van der Waals surface area contributed by atoms with E-state index in [4.69, 9.17) is 56.8 Å². The molecule has 2 bridgehead atoms. The quantitative estimate of drug-likeness (QED) is 0.126. The molecular formula is C52H74O15. The van der Waals surface area contributed by atoms with Crippen molar-refractivity contribution in [1.29, 1.82) is 0 Å². The molecule has 0 radical (unpaired) electrons. The van der Waals surface area contributed by atoms with E-state index in [1.54, 1.807) is 14.2 Å². The zero-order valence-corrected chi connectivity index (χ0v) is 41.5. The second kappa shape index (κ2) is 22.0. The summed E-state index contributed by atoms with van der Waals surface area (Å²) in [7, 11) is 3.24. The second-order valence-corrected chi connectivity index (χ2v) is 19.7. The van der Waals surface area contributed by atoms with Crippen LogP contribution in [-0.4, -0.2) is 124 Å². The predicted molar refractivity (Wildman–Crippen MR) is 246 cm³/mol. The van der Waals surface area contributed by atoms with Gasteiger partial charge >= 0.3 is 17.9 Å². The van der Waals surface area contributed by atoms with Crippen molar-refractivity contribution >= 4 is 23.5 Å². The highest BCUT2D eigenvalue weighted by atomic mass is 16.7. The highest BCUT2D eigenvalue weighted by molar-refractivity contribution is 5.98. The lowest BCUT2D eigenvalue weighted by molar-refractivity contribution is -0.353. The molecular weight excluding hydrogens is 865 g/mol. The maximum atomic E-state index is 14.4. The molecule has 372 valence electrons. The van der Waals surface area contributed by atoms with Crippen molar-refractivity contribution in [3.63, 3.8) is 0 Å². The molecule has 67 heavy (non-hydrogen) atoms. The Labute approximate surface area is 396 Å². The fourth-order valence-corrected chi connectivity index (χ4v) is 10.9. The lowest BCUT2D eigenvalue weighted by atomic mass is 9.79. The molecule has 17 atom stereocenters. The first kappa shape index (κ1) is 51.2. The van der Waals surface area contributed by atoms with E-state index in [1.807, 2.05) is 45.1 Å². The molecule has 6 aliphatic rings. The van der Waals surface area contributed by atoms with Crippen molar-refractivity contribution < 1.29 is 71.2 Å². The minimum Gasteiger partial charge on any atom is -0.488 e. The Hall–Kier alpha value is -3.67. The first-order valence-electron chi connectivity index (χ1n) is 24.3. The van der Waals surface area contributed by atoms with Crippen LogP contribution in [0, 0.1) is 24.7 Å². The van der Waals surface area contributed by atoms with E-state index in [2.05, 4.69) is 46.8 Å². The zero-order chi connectivity index (χ0) is 48.3. The predicted octanol–water partition coefficient (Wildman–Crippen LogP) is 8.12. The molecule has 4 saturated heterocycles. The fourth-order valence-electron chi connectivity index (χ4n) is 10.9. The largest absolute Gasteiger partial charge is 0.488 e. The molecule has 0 saturated carbocycles. The number of hydrogen-bond acceptors (Lipinski definition) is 15. The summed E-state index contributed by atoms with van der Waals surface area (Å²) in [5.41, 5.74) is 3.88. The molecule has 0 amide bonds. The van der Waals surface area contributed by atoms with Crippen molar-refractivity contribution in [1.82, 2.24) is 0 Å². The molecule has 0 N–H and O–H groups in total. The third kappa shape index (κ3) is 11.9. The molecule has 0 aliphatic carbocycles. The van der Waals surface area contributed by atoms with Crippen LogP contribution in [0.4, 0.5) is 0 Å². The fraction of sp³-hybridized carbons (Fsp3) is 0.712. The summed E-state index contributed by atoms with van der Waals surface area (Å²) in [6, 6.07) is 3.81. The molecule has 1 aromatic carbocycles. The number of ether oxygens (including phenoxy) is 12. The Kier molecular flexibility index (Phi) is 16.8. The van der Waals surface area contributed by atoms with Gasteiger partial charge in [-0.1, -0.05) is 58.4 Å². The van der Waals surface area contributed by atoms with Crippen LogP contribution in [0.1, 0.15) is 129 Å². The van der Waals surface area contributed by atoms with Crippen LogP contribution < -0.4 is 4.74 Å². The molecule has 15 heteroatoms. The van der Waals surface area contributed by atoms with Gasteiger partial charge in [-0.05, 0) is 63.3 Å². The number of carbonyl (C=O) groups excluding carboxylic acids is 3. The summed E-state index contributed by atoms with van der Waals surface area (Å²) in [5, 5.41) is 0. The number of esters is 3. The Morgan fingerprint density at radius 3 is 2.18 bits per heavy atom. The molecule has 7 rings (SSSR count). The monoisotopic (exact) mass is 939 g/mol. The van der Waals surface area contributed by atoms with E-state index in [9.17, 15) is 14.4 Å². The van der Waals surface area contributed by atoms with Crippen LogP contribution >= 0.6 is 0 Å². The summed E-state index contributed by atoms with van der Waals surface area (Å²) in [4.78, 5) is 38.7. The van der Waals surface area contributed by atoms with Crippen molar-refractivity contribution in [2.24, 2.45) is 17.8 Å². The number of hydrogen-bond donors (Lipinski definition) is 0. The van der Waals surface area contributed by atoms with Crippen LogP contribution in [-0.2, 0) is 61.7 Å². The standard InChI is InChI=1S/C52H74O15/c1-13-28(3)48-31(6)43(61-34(9)53)25-52(67-48)24-38-21-37(66-52)18-17-30(5)47(29(4)15-14-16-36-26-58-40-20-27(2)19-39(46(36)40)51(55)63-38)64-44-23-42(57-12)50(33(8)60-44)65-45-22-41(56-11)49(32(7)59-45)62-35(10)54/h14-17,19-20,28-29,31-33,37-38,41-45,47-50H,13,18,21-26H2,1-12H3/b15-14+,30-17+,36-16+/t28?,29-,31-,32?,33?,37+,38-,41?,42?,43?,44?,45?,47-,48+,49?,50?,52-/m0/s1. The number of aryl methyl sites for hydroxylation is 1. The number of rotatable bonds is 10. The SMILES string of the molecule is CCC(C)[C@H]1O[C@]2(CC(OC(C)=O)[C@@H]1C)C[C@@H]1C[C@@H](C/C=C(\C)[C@@H](OC3CC(OC)C(OC4CC(OC)C(OC(C)=O)C(C)O4)C(C)O3)[C@@H](C)/C=C/C=C3\COc4cc(C)cc(c43)C(=O)O1)O2. The Bertz CT molecular complexity index is 2010. The van der Waals surface area contributed by atoms with E-state index in [-0.39, 0.29) is 36.2 Å². The summed E-state index contributed by atoms with van der Waals surface area (Å²) >= 11 is 0. The van der Waals surface area contributed by atoms with Gasteiger partial charge in [-0.15, -0.1) is 0 Å². The van der Waals surface area contributed by atoms with Gasteiger partial charge in [0.05, 0.1) is 42.2 Å². The van der Waals surface area contributed by atoms with Gasteiger partial charge in [0.2, 0.25) is 0 Å². The van der Waals surface area contributed by atoms with E-state index < -0.39 is 91.3 Å². The maximum absolute atomic E-state index is 14.4. The zero-order valence-electron chi connectivity index (χ0n) is 41.5. The highest BCUT2D eigenvalue weighted by Crippen LogP contribution is 2.47. The average Bonchev–Trinajstić information content (AvgIpc) is 3.68. The van der Waals surface area contributed by atoms with Gasteiger partial charge in [-0.25, -0.2) is 4.79 Å². The van der Waals surface area contributed by atoms with Crippen LogP contribution in [0.3, 0.4) is 0 Å². The maximum Gasteiger partial charge on any atom is 0.339 e. The summed E-state index contributed by atoms with van der Waals surface area (Å²) < 4.78 is 76.3. The van der Waals surface area contributed by atoms with Crippen LogP contribution in [0.15, 0.2) is 42.0 Å². The first-order chi connectivity index (χ1) is 31.9. The van der Waals surface area contributed by atoms with Gasteiger partial charge in [-0.2, -0.15) is 0 Å².